The summed E-state index contributed by atoms with van der Waals surface area (Å²) in [5.41, 5.74) is -1.52. The summed E-state index contributed by atoms with van der Waals surface area (Å²) in [5.74, 6) is -3.93. The monoisotopic (exact) mass is 430 g/mol. The molecule has 0 aliphatic heterocycles. The van der Waals surface area contributed by atoms with Gasteiger partial charge in [-0.2, -0.15) is 38.0 Å². The third-order valence-electron chi connectivity index (χ3n) is 4.12. The molecule has 2 heterocycles. The van der Waals surface area contributed by atoms with Crippen LogP contribution in [0.25, 0.3) is 16.9 Å². The molecule has 0 spiro atoms. The molecule has 0 saturated heterocycles. The van der Waals surface area contributed by atoms with Gasteiger partial charge in [-0.3, -0.25) is 0 Å². The summed E-state index contributed by atoms with van der Waals surface area (Å²) in [7, 11) is 0. The standard InChI is InChI=1S/C17H12ClF5N6/c1-7(2)13(17(21,22)23)27-15-12(14(18)28-16-25-6-26-29(15)16)11-9(19)3-8(5-24)4-10(11)20/h3-4,6-7,13,27H,1-2H3. The van der Waals surface area contributed by atoms with Gasteiger partial charge in [0.1, 0.15) is 35.0 Å². The topological polar surface area (TPSA) is 78.9 Å². The second-order valence-corrected chi connectivity index (χ2v) is 6.79. The van der Waals surface area contributed by atoms with E-state index in [1.807, 2.05) is 0 Å². The lowest BCUT2D eigenvalue weighted by atomic mass is 10.0. The maximum atomic E-state index is 14.6. The van der Waals surface area contributed by atoms with E-state index in [4.69, 9.17) is 16.9 Å². The van der Waals surface area contributed by atoms with E-state index in [9.17, 15) is 22.0 Å². The summed E-state index contributed by atoms with van der Waals surface area (Å²) in [6.45, 7) is 2.66. The quantitative estimate of drug-likeness (QED) is 0.483. The number of hydrogen-bond donors (Lipinski definition) is 1. The summed E-state index contributed by atoms with van der Waals surface area (Å²) >= 11 is 6.08. The third kappa shape index (κ3) is 3.80. The molecule has 1 aromatic carbocycles. The smallest absolute Gasteiger partial charge is 0.358 e. The number of anilines is 1. The lowest BCUT2D eigenvalue weighted by molar-refractivity contribution is -0.150. The lowest BCUT2D eigenvalue weighted by Gasteiger charge is -2.27. The van der Waals surface area contributed by atoms with Gasteiger partial charge in [0.2, 0.25) is 0 Å². The molecule has 29 heavy (non-hydrogen) atoms. The van der Waals surface area contributed by atoms with Gasteiger partial charge in [0.05, 0.1) is 22.8 Å². The van der Waals surface area contributed by atoms with Crippen LogP contribution >= 0.6 is 11.6 Å². The predicted molar refractivity (Wildman–Crippen MR) is 94.2 cm³/mol. The average molecular weight is 431 g/mol. The first kappa shape index (κ1) is 20.7. The molecule has 0 fully saturated rings. The minimum atomic E-state index is -4.68. The maximum absolute atomic E-state index is 14.6. The van der Waals surface area contributed by atoms with Crippen LogP contribution in [0.2, 0.25) is 5.15 Å². The number of rotatable bonds is 4. The summed E-state index contributed by atoms with van der Waals surface area (Å²) in [4.78, 5) is 7.61. The molecule has 0 amide bonds. The third-order valence-corrected chi connectivity index (χ3v) is 4.39. The molecule has 1 unspecified atom stereocenters. The first-order valence-electron chi connectivity index (χ1n) is 8.16. The molecule has 3 rings (SSSR count). The summed E-state index contributed by atoms with van der Waals surface area (Å²) in [6.07, 6.45) is -3.67. The van der Waals surface area contributed by atoms with Gasteiger partial charge in [-0.25, -0.2) is 8.78 Å². The van der Waals surface area contributed by atoms with Crippen LogP contribution < -0.4 is 5.32 Å². The Morgan fingerprint density at radius 1 is 1.17 bits per heavy atom. The van der Waals surface area contributed by atoms with Crippen molar-refractivity contribution in [2.75, 3.05) is 5.32 Å². The molecule has 12 heteroatoms. The highest BCUT2D eigenvalue weighted by molar-refractivity contribution is 6.33. The molecule has 0 bridgehead atoms. The van der Waals surface area contributed by atoms with Crippen molar-refractivity contribution in [3.8, 4) is 17.2 Å². The van der Waals surface area contributed by atoms with Crippen molar-refractivity contribution in [2.45, 2.75) is 26.1 Å². The van der Waals surface area contributed by atoms with Crippen molar-refractivity contribution in [3.63, 3.8) is 0 Å². The molecule has 1 N–H and O–H groups in total. The van der Waals surface area contributed by atoms with Gasteiger partial charge >= 0.3 is 6.18 Å². The number of aromatic nitrogens is 4. The van der Waals surface area contributed by atoms with Gasteiger partial charge < -0.3 is 5.32 Å². The van der Waals surface area contributed by atoms with E-state index < -0.39 is 51.9 Å². The van der Waals surface area contributed by atoms with E-state index in [2.05, 4.69) is 20.4 Å². The largest absolute Gasteiger partial charge is 0.408 e. The molecule has 2 aromatic heterocycles. The molecule has 0 radical (unpaired) electrons. The molecule has 1 atom stereocenters. The molecule has 152 valence electrons. The lowest BCUT2D eigenvalue weighted by Crippen LogP contribution is -2.41. The maximum Gasteiger partial charge on any atom is 0.408 e. The van der Waals surface area contributed by atoms with Crippen molar-refractivity contribution in [1.29, 1.82) is 5.26 Å². The van der Waals surface area contributed by atoms with Crippen LogP contribution in [0.1, 0.15) is 19.4 Å². The Bertz CT molecular complexity index is 1090. The molecule has 0 aliphatic carbocycles. The first-order valence-corrected chi connectivity index (χ1v) is 8.54. The van der Waals surface area contributed by atoms with E-state index in [1.165, 1.54) is 13.8 Å². The number of nitrogens with zero attached hydrogens (tertiary/aromatic N) is 5. The Balaban J connectivity index is 2.33. The summed E-state index contributed by atoms with van der Waals surface area (Å²) < 4.78 is 70.7. The molecular weight excluding hydrogens is 419 g/mol. The highest BCUT2D eigenvalue weighted by atomic mass is 35.5. The van der Waals surface area contributed by atoms with E-state index >= 15 is 0 Å². The van der Waals surface area contributed by atoms with E-state index in [-0.39, 0.29) is 11.3 Å². The van der Waals surface area contributed by atoms with Crippen LogP contribution in [0.15, 0.2) is 18.5 Å². The van der Waals surface area contributed by atoms with E-state index in [0.717, 1.165) is 23.0 Å². The van der Waals surface area contributed by atoms with Crippen LogP contribution in [-0.4, -0.2) is 31.8 Å². The van der Waals surface area contributed by atoms with Crippen LogP contribution in [0.4, 0.5) is 27.8 Å². The Kier molecular flexibility index (Phi) is 5.32. The number of benzene rings is 1. The first-order chi connectivity index (χ1) is 13.5. The number of nitrogens with one attached hydrogen (secondary N) is 1. The van der Waals surface area contributed by atoms with Crippen molar-refractivity contribution in [1.82, 2.24) is 19.6 Å². The van der Waals surface area contributed by atoms with Gasteiger partial charge in [-0.1, -0.05) is 25.4 Å². The second kappa shape index (κ2) is 7.44. The van der Waals surface area contributed by atoms with E-state index in [0.29, 0.717) is 0 Å². The van der Waals surface area contributed by atoms with Crippen LogP contribution in [0.3, 0.4) is 0 Å². The van der Waals surface area contributed by atoms with Gasteiger partial charge in [0.15, 0.2) is 0 Å². The minimum Gasteiger partial charge on any atom is -0.358 e. The zero-order valence-corrected chi connectivity index (χ0v) is 15.6. The molecular formula is C17H12ClF5N6. The fraction of sp³-hybridized carbons (Fsp3) is 0.294. The van der Waals surface area contributed by atoms with Crippen molar-refractivity contribution >= 4 is 23.2 Å². The SMILES string of the molecule is CC(C)C(Nc1c(-c2c(F)cc(C#N)cc2F)c(Cl)nc2ncnn12)C(F)(F)F. The zero-order chi connectivity index (χ0) is 21.5. The molecule has 3 aromatic rings. The minimum absolute atomic E-state index is 0.166. The van der Waals surface area contributed by atoms with Crippen LogP contribution in [-0.2, 0) is 0 Å². The van der Waals surface area contributed by atoms with Gasteiger partial charge in [-0.05, 0) is 18.1 Å². The highest BCUT2D eigenvalue weighted by Gasteiger charge is 2.43. The molecule has 0 aliphatic rings. The van der Waals surface area contributed by atoms with Crippen molar-refractivity contribution in [3.05, 3.63) is 40.8 Å². The zero-order valence-electron chi connectivity index (χ0n) is 14.9. The van der Waals surface area contributed by atoms with Crippen LogP contribution in [0.5, 0.6) is 0 Å². The van der Waals surface area contributed by atoms with Crippen molar-refractivity contribution < 1.29 is 22.0 Å². The highest BCUT2D eigenvalue weighted by Crippen LogP contribution is 2.39. The van der Waals surface area contributed by atoms with Crippen LogP contribution in [0, 0.1) is 28.9 Å². The number of hydrogen-bond acceptors (Lipinski definition) is 5. The Labute approximate surface area is 165 Å². The van der Waals surface area contributed by atoms with E-state index in [1.54, 1.807) is 6.07 Å². The fourth-order valence-electron chi connectivity index (χ4n) is 2.82. The number of nitriles is 1. The van der Waals surface area contributed by atoms with Gasteiger partial charge in [-0.15, -0.1) is 0 Å². The second-order valence-electron chi connectivity index (χ2n) is 6.43. The average Bonchev–Trinajstić information content (AvgIpc) is 3.06. The summed E-state index contributed by atoms with van der Waals surface area (Å²) in [6, 6.07) is 0.990. The Morgan fingerprint density at radius 3 is 2.31 bits per heavy atom. The number of alkyl halides is 3. The number of fused-ring (bicyclic) bond motifs is 1. The predicted octanol–water partition coefficient (Wildman–Crippen LogP) is 4.59. The Hall–Kier alpha value is -3.00. The molecule has 0 saturated carbocycles. The van der Waals surface area contributed by atoms with Gasteiger partial charge in [0.25, 0.3) is 5.78 Å². The number of halogens is 6. The molecule has 6 nitrogen and oxygen atoms in total. The van der Waals surface area contributed by atoms with Crippen molar-refractivity contribution in [2.24, 2.45) is 5.92 Å². The fourth-order valence-corrected chi connectivity index (χ4v) is 3.08. The Morgan fingerprint density at radius 2 is 1.79 bits per heavy atom. The van der Waals surface area contributed by atoms with Gasteiger partial charge in [0, 0.05) is 0 Å². The normalized spacial score (nSPS) is 13.0. The summed E-state index contributed by atoms with van der Waals surface area (Å²) in [5, 5.41) is 14.4.